The summed E-state index contributed by atoms with van der Waals surface area (Å²) >= 11 is 0. The summed E-state index contributed by atoms with van der Waals surface area (Å²) in [5, 5.41) is 3.51. The fraction of sp³-hybridized carbons (Fsp3) is 0.526. The molecule has 0 aliphatic carbocycles. The number of anilines is 1. The Morgan fingerprint density at radius 1 is 1.21 bits per heavy atom. The molecular formula is C19H27N5. The summed E-state index contributed by atoms with van der Waals surface area (Å²) in [6, 6.07) is 5.90. The molecule has 128 valence electrons. The number of hydrogen-bond donors (Lipinski definition) is 1. The van der Waals surface area contributed by atoms with Crippen molar-refractivity contribution in [2.75, 3.05) is 31.5 Å². The first-order valence-electron chi connectivity index (χ1n) is 8.74. The van der Waals surface area contributed by atoms with Crippen LogP contribution in [0.4, 0.5) is 5.82 Å². The van der Waals surface area contributed by atoms with Crippen LogP contribution in [0.2, 0.25) is 0 Å². The van der Waals surface area contributed by atoms with E-state index in [2.05, 4.69) is 39.0 Å². The van der Waals surface area contributed by atoms with Crippen molar-refractivity contribution in [2.45, 2.75) is 33.6 Å². The summed E-state index contributed by atoms with van der Waals surface area (Å²) < 4.78 is 0. The van der Waals surface area contributed by atoms with E-state index in [-0.39, 0.29) is 5.41 Å². The molecule has 0 saturated carbocycles. The Morgan fingerprint density at radius 3 is 2.71 bits per heavy atom. The Morgan fingerprint density at radius 2 is 2.00 bits per heavy atom. The Balaban J connectivity index is 1.67. The van der Waals surface area contributed by atoms with E-state index in [9.17, 15) is 0 Å². The molecule has 1 aliphatic rings. The zero-order chi connectivity index (χ0) is 17.0. The molecule has 3 heterocycles. The van der Waals surface area contributed by atoms with E-state index in [0.29, 0.717) is 0 Å². The molecule has 0 unspecified atom stereocenters. The van der Waals surface area contributed by atoms with Gasteiger partial charge in [-0.1, -0.05) is 13.8 Å². The van der Waals surface area contributed by atoms with Crippen molar-refractivity contribution in [1.29, 1.82) is 0 Å². The Bertz CT molecular complexity index is 663. The van der Waals surface area contributed by atoms with Gasteiger partial charge in [0.15, 0.2) is 5.82 Å². The summed E-state index contributed by atoms with van der Waals surface area (Å²) in [7, 11) is 0. The summed E-state index contributed by atoms with van der Waals surface area (Å²) in [4.78, 5) is 15.9. The molecule has 5 nitrogen and oxygen atoms in total. The highest BCUT2D eigenvalue weighted by atomic mass is 15.1. The van der Waals surface area contributed by atoms with E-state index >= 15 is 0 Å². The molecule has 1 aliphatic heterocycles. The van der Waals surface area contributed by atoms with Crippen LogP contribution < -0.4 is 5.32 Å². The first kappa shape index (κ1) is 16.8. The highest BCUT2D eigenvalue weighted by Crippen LogP contribution is 2.22. The average molecular weight is 325 g/mol. The smallest absolute Gasteiger partial charge is 0.163 e. The molecule has 2 aromatic rings. The lowest BCUT2D eigenvalue weighted by Crippen LogP contribution is -2.37. The molecule has 1 saturated heterocycles. The quantitative estimate of drug-likeness (QED) is 0.882. The van der Waals surface area contributed by atoms with Crippen molar-refractivity contribution in [3.05, 3.63) is 36.3 Å². The van der Waals surface area contributed by atoms with E-state index in [1.807, 2.05) is 25.1 Å². The molecule has 0 atom stereocenters. The Labute approximate surface area is 144 Å². The largest absolute Gasteiger partial charge is 0.369 e. The number of pyridine rings is 1. The summed E-state index contributed by atoms with van der Waals surface area (Å²) in [5.74, 6) is 1.61. The minimum atomic E-state index is 0.206. The van der Waals surface area contributed by atoms with Crippen LogP contribution in [-0.2, 0) is 0 Å². The lowest BCUT2D eigenvalue weighted by atomic mass is 9.93. The van der Waals surface area contributed by atoms with Gasteiger partial charge in [0.2, 0.25) is 0 Å². The number of nitrogens with zero attached hydrogens (tertiary/aromatic N) is 4. The van der Waals surface area contributed by atoms with E-state index < -0.39 is 0 Å². The molecule has 2 aromatic heterocycles. The summed E-state index contributed by atoms with van der Waals surface area (Å²) in [6.07, 6.45) is 6.24. The van der Waals surface area contributed by atoms with Gasteiger partial charge in [-0.15, -0.1) is 0 Å². The van der Waals surface area contributed by atoms with Gasteiger partial charge in [0.1, 0.15) is 5.82 Å². The third kappa shape index (κ3) is 4.51. The maximum Gasteiger partial charge on any atom is 0.163 e. The van der Waals surface area contributed by atoms with Crippen molar-refractivity contribution in [3.63, 3.8) is 0 Å². The number of rotatable bonds is 6. The molecule has 3 rings (SSSR count). The van der Waals surface area contributed by atoms with Crippen LogP contribution in [0.15, 0.2) is 30.6 Å². The zero-order valence-electron chi connectivity index (χ0n) is 14.9. The van der Waals surface area contributed by atoms with Crippen molar-refractivity contribution in [3.8, 4) is 11.4 Å². The minimum Gasteiger partial charge on any atom is -0.369 e. The summed E-state index contributed by atoms with van der Waals surface area (Å²) in [5.41, 5.74) is 2.11. The lowest BCUT2D eigenvalue weighted by Gasteiger charge is -2.30. The molecular weight excluding hydrogens is 298 g/mol. The third-order valence-electron chi connectivity index (χ3n) is 4.37. The van der Waals surface area contributed by atoms with Crippen molar-refractivity contribution < 1.29 is 0 Å². The molecule has 0 bridgehead atoms. The van der Waals surface area contributed by atoms with Crippen molar-refractivity contribution in [1.82, 2.24) is 19.9 Å². The SMILES string of the molecule is Cc1cc(NCC(C)(C)CN2CCCC2)nc(-c2cccnc2)n1. The number of aromatic nitrogens is 3. The second kappa shape index (κ2) is 7.26. The fourth-order valence-corrected chi connectivity index (χ4v) is 3.22. The highest BCUT2D eigenvalue weighted by molar-refractivity contribution is 5.56. The van der Waals surface area contributed by atoms with E-state index in [4.69, 9.17) is 0 Å². The van der Waals surface area contributed by atoms with E-state index in [0.717, 1.165) is 36.0 Å². The van der Waals surface area contributed by atoms with Gasteiger partial charge < -0.3 is 10.2 Å². The topological polar surface area (TPSA) is 53.9 Å². The van der Waals surface area contributed by atoms with Crippen LogP contribution in [0.5, 0.6) is 0 Å². The van der Waals surface area contributed by atoms with Gasteiger partial charge in [-0.2, -0.15) is 0 Å². The monoisotopic (exact) mass is 325 g/mol. The first-order valence-corrected chi connectivity index (χ1v) is 8.74. The highest BCUT2D eigenvalue weighted by Gasteiger charge is 2.23. The molecule has 0 spiro atoms. The molecule has 24 heavy (non-hydrogen) atoms. The number of nitrogens with one attached hydrogen (secondary N) is 1. The molecule has 1 N–H and O–H groups in total. The Hall–Kier alpha value is -2.01. The molecule has 1 fully saturated rings. The Kier molecular flexibility index (Phi) is 5.09. The van der Waals surface area contributed by atoms with Crippen molar-refractivity contribution in [2.24, 2.45) is 5.41 Å². The number of hydrogen-bond acceptors (Lipinski definition) is 5. The van der Waals surface area contributed by atoms with Crippen LogP contribution in [0.1, 0.15) is 32.4 Å². The first-order chi connectivity index (χ1) is 11.5. The van der Waals surface area contributed by atoms with Crippen molar-refractivity contribution >= 4 is 5.82 Å². The average Bonchev–Trinajstić information content (AvgIpc) is 3.06. The molecule has 0 radical (unpaired) electrons. The second-order valence-electron chi connectivity index (χ2n) is 7.46. The molecule has 0 aromatic carbocycles. The van der Waals surface area contributed by atoms with Gasteiger partial charge in [-0.05, 0) is 50.4 Å². The van der Waals surface area contributed by atoms with Crippen LogP contribution in [0.25, 0.3) is 11.4 Å². The normalized spacial score (nSPS) is 15.6. The maximum atomic E-state index is 4.66. The second-order valence-corrected chi connectivity index (χ2v) is 7.46. The predicted octanol–water partition coefficient (Wildman–Crippen LogP) is 3.38. The van der Waals surface area contributed by atoms with Gasteiger partial charge >= 0.3 is 0 Å². The number of aryl methyl sites for hydroxylation is 1. The fourth-order valence-electron chi connectivity index (χ4n) is 3.22. The zero-order valence-corrected chi connectivity index (χ0v) is 14.9. The predicted molar refractivity (Wildman–Crippen MR) is 97.9 cm³/mol. The maximum absolute atomic E-state index is 4.66. The van der Waals surface area contributed by atoms with Gasteiger partial charge in [-0.25, -0.2) is 9.97 Å². The van der Waals surface area contributed by atoms with Crippen LogP contribution in [0, 0.1) is 12.3 Å². The molecule has 0 amide bonds. The lowest BCUT2D eigenvalue weighted by molar-refractivity contribution is 0.220. The van der Waals surface area contributed by atoms with E-state index in [1.165, 1.54) is 25.9 Å². The van der Waals surface area contributed by atoms with Gasteiger partial charge in [0.25, 0.3) is 0 Å². The van der Waals surface area contributed by atoms with E-state index in [1.54, 1.807) is 12.4 Å². The van der Waals surface area contributed by atoms with Gasteiger partial charge in [-0.3, -0.25) is 4.98 Å². The third-order valence-corrected chi connectivity index (χ3v) is 4.37. The minimum absolute atomic E-state index is 0.206. The molecule has 5 heteroatoms. The summed E-state index contributed by atoms with van der Waals surface area (Å²) in [6.45, 7) is 11.1. The van der Waals surface area contributed by atoms with Crippen LogP contribution in [-0.4, -0.2) is 46.0 Å². The van der Waals surface area contributed by atoms with Crippen LogP contribution in [0.3, 0.4) is 0 Å². The standard InChI is InChI=1S/C19H27N5/c1-15-11-17(23-18(22-15)16-7-6-8-20-12-16)21-13-19(2,3)14-24-9-4-5-10-24/h6-8,11-12H,4-5,9-10,13-14H2,1-3H3,(H,21,22,23). The number of likely N-dealkylation sites (tertiary alicyclic amines) is 1. The van der Waals surface area contributed by atoms with Gasteiger partial charge in [0.05, 0.1) is 0 Å². The van der Waals surface area contributed by atoms with Crippen LogP contribution >= 0.6 is 0 Å². The van der Waals surface area contributed by atoms with Gasteiger partial charge in [0, 0.05) is 42.8 Å².